The standard InChI is InChI=1S/C35H61NO4S/c1-30(2)15-10-16-35(8,40-30)22-11-18-34(7)28(22)24(37)21-26-32(5)17-13-27(39-29(38)23(36)14-20-41-9)31(3,4)25(32)12-19-33(26,34)6/h22-28,37H,10-21,36H2,1-9H3/t22-,23-,24+,25-,26+,27-,28-,32-,33+,34+,35+/m0/s1. The largest absolute Gasteiger partial charge is 0.461 e. The first-order valence-electron chi connectivity index (χ1n) is 16.8. The molecule has 6 heteroatoms. The third-order valence-electron chi connectivity index (χ3n) is 14.3. The van der Waals surface area contributed by atoms with Gasteiger partial charge >= 0.3 is 5.97 Å². The van der Waals surface area contributed by atoms with Crippen molar-refractivity contribution in [2.24, 2.45) is 51.1 Å². The van der Waals surface area contributed by atoms with Gasteiger partial charge in [-0.15, -0.1) is 0 Å². The van der Waals surface area contributed by atoms with Crippen molar-refractivity contribution in [2.75, 3.05) is 12.0 Å². The Kier molecular flexibility index (Phi) is 8.34. The zero-order valence-corrected chi connectivity index (χ0v) is 28.5. The highest BCUT2D eigenvalue weighted by Gasteiger charge is 2.72. The number of aliphatic hydroxyl groups is 1. The van der Waals surface area contributed by atoms with Gasteiger partial charge in [-0.2, -0.15) is 11.8 Å². The topological polar surface area (TPSA) is 81.8 Å². The molecule has 5 rings (SSSR count). The van der Waals surface area contributed by atoms with Crippen LogP contribution in [0.15, 0.2) is 0 Å². The number of carbonyl (C=O) groups excluding carboxylic acids is 1. The highest BCUT2D eigenvalue weighted by molar-refractivity contribution is 7.98. The molecule has 0 spiro atoms. The molecule has 4 saturated carbocycles. The van der Waals surface area contributed by atoms with Gasteiger partial charge in [0.2, 0.25) is 0 Å². The normalized spacial score (nSPS) is 49.3. The van der Waals surface area contributed by atoms with Crippen molar-refractivity contribution in [3.63, 3.8) is 0 Å². The molecule has 1 saturated heterocycles. The van der Waals surface area contributed by atoms with Crippen LogP contribution in [0.25, 0.3) is 0 Å². The van der Waals surface area contributed by atoms with E-state index < -0.39 is 6.04 Å². The smallest absolute Gasteiger partial charge is 0.323 e. The van der Waals surface area contributed by atoms with Crippen molar-refractivity contribution in [1.82, 2.24) is 0 Å². The van der Waals surface area contributed by atoms with E-state index in [2.05, 4.69) is 55.4 Å². The van der Waals surface area contributed by atoms with E-state index in [9.17, 15) is 9.90 Å². The van der Waals surface area contributed by atoms with E-state index in [4.69, 9.17) is 15.2 Å². The quantitative estimate of drug-likeness (QED) is 0.314. The molecule has 41 heavy (non-hydrogen) atoms. The van der Waals surface area contributed by atoms with Gasteiger partial charge < -0.3 is 20.3 Å². The Labute approximate surface area is 255 Å². The van der Waals surface area contributed by atoms with Crippen LogP contribution in [0.5, 0.6) is 0 Å². The van der Waals surface area contributed by atoms with Crippen LogP contribution in [-0.4, -0.2) is 52.5 Å². The summed E-state index contributed by atoms with van der Waals surface area (Å²) in [5.41, 5.74) is 6.23. The summed E-state index contributed by atoms with van der Waals surface area (Å²) in [6.45, 7) is 19.2. The summed E-state index contributed by atoms with van der Waals surface area (Å²) in [6.07, 6.45) is 13.3. The molecule has 5 aliphatic rings. The van der Waals surface area contributed by atoms with E-state index in [-0.39, 0.29) is 57.0 Å². The maximum absolute atomic E-state index is 13.0. The molecule has 0 aromatic carbocycles. The number of esters is 1. The second-order valence-electron chi connectivity index (χ2n) is 17.2. The fourth-order valence-electron chi connectivity index (χ4n) is 12.1. The van der Waals surface area contributed by atoms with E-state index in [1.807, 2.05) is 6.26 Å². The summed E-state index contributed by atoms with van der Waals surface area (Å²) in [5, 5.41) is 12.1. The number of aliphatic hydroxyl groups excluding tert-OH is 1. The number of thioether (sulfide) groups is 1. The van der Waals surface area contributed by atoms with Gasteiger partial charge in [0.1, 0.15) is 12.1 Å². The molecule has 11 atom stereocenters. The lowest BCUT2D eigenvalue weighted by atomic mass is 9.35. The molecule has 236 valence electrons. The van der Waals surface area contributed by atoms with Gasteiger partial charge in [-0.25, -0.2) is 0 Å². The van der Waals surface area contributed by atoms with E-state index in [0.717, 1.165) is 50.7 Å². The predicted octanol–water partition coefficient (Wildman–Crippen LogP) is 7.37. The summed E-state index contributed by atoms with van der Waals surface area (Å²) in [4.78, 5) is 13.0. The third-order valence-corrected chi connectivity index (χ3v) is 14.9. The lowest BCUT2D eigenvalue weighted by molar-refractivity contribution is -0.259. The molecular weight excluding hydrogens is 530 g/mol. The predicted molar refractivity (Wildman–Crippen MR) is 169 cm³/mol. The second-order valence-corrected chi connectivity index (χ2v) is 18.1. The zero-order chi connectivity index (χ0) is 30.2. The fourth-order valence-corrected chi connectivity index (χ4v) is 12.6. The Morgan fingerprint density at radius 3 is 2.29 bits per heavy atom. The maximum atomic E-state index is 13.0. The van der Waals surface area contributed by atoms with E-state index >= 15 is 0 Å². The monoisotopic (exact) mass is 591 g/mol. The minimum Gasteiger partial charge on any atom is -0.461 e. The zero-order valence-electron chi connectivity index (χ0n) is 27.7. The van der Waals surface area contributed by atoms with Crippen molar-refractivity contribution in [3.8, 4) is 0 Å². The Morgan fingerprint density at radius 1 is 0.951 bits per heavy atom. The Balaban J connectivity index is 1.39. The molecule has 3 N–H and O–H groups in total. The van der Waals surface area contributed by atoms with Gasteiger partial charge in [-0.05, 0) is 143 Å². The Bertz CT molecular complexity index is 1000. The Hall–Kier alpha value is -0.300. The van der Waals surface area contributed by atoms with Crippen LogP contribution < -0.4 is 5.73 Å². The molecule has 5 nitrogen and oxygen atoms in total. The number of fused-ring (bicyclic) bond motifs is 5. The molecular formula is C35H61NO4S. The van der Waals surface area contributed by atoms with Crippen LogP contribution in [0.4, 0.5) is 0 Å². The first kappa shape index (κ1) is 32.1. The molecule has 0 aromatic heterocycles. The first-order valence-corrected chi connectivity index (χ1v) is 18.2. The first-order chi connectivity index (χ1) is 19.0. The van der Waals surface area contributed by atoms with Crippen molar-refractivity contribution < 1.29 is 19.4 Å². The van der Waals surface area contributed by atoms with E-state index in [1.165, 1.54) is 19.3 Å². The fraction of sp³-hybridized carbons (Fsp3) is 0.971. The summed E-state index contributed by atoms with van der Waals surface area (Å²) in [6, 6.07) is -0.539. The molecule has 0 amide bonds. The molecule has 0 bridgehead atoms. The van der Waals surface area contributed by atoms with Crippen LogP contribution in [-0.2, 0) is 14.3 Å². The van der Waals surface area contributed by atoms with E-state index in [0.29, 0.717) is 24.2 Å². The van der Waals surface area contributed by atoms with Gasteiger partial charge in [0.25, 0.3) is 0 Å². The van der Waals surface area contributed by atoms with Gasteiger partial charge in [-0.3, -0.25) is 4.79 Å². The van der Waals surface area contributed by atoms with Crippen molar-refractivity contribution >= 4 is 17.7 Å². The van der Waals surface area contributed by atoms with Crippen LogP contribution in [0.2, 0.25) is 0 Å². The average Bonchev–Trinajstić information content (AvgIpc) is 3.26. The van der Waals surface area contributed by atoms with Gasteiger partial charge in [-0.1, -0.05) is 34.6 Å². The number of rotatable bonds is 6. The van der Waals surface area contributed by atoms with Crippen LogP contribution in [0, 0.1) is 45.3 Å². The minimum absolute atomic E-state index is 0.0872. The summed E-state index contributed by atoms with van der Waals surface area (Å²) < 4.78 is 13.1. The number of ether oxygens (including phenoxy) is 2. The third kappa shape index (κ3) is 4.96. The Morgan fingerprint density at radius 2 is 1.63 bits per heavy atom. The van der Waals surface area contributed by atoms with Crippen molar-refractivity contribution in [1.29, 1.82) is 0 Å². The molecule has 0 unspecified atom stereocenters. The molecule has 4 aliphatic carbocycles. The number of hydrogen-bond donors (Lipinski definition) is 2. The molecule has 1 heterocycles. The maximum Gasteiger partial charge on any atom is 0.323 e. The highest BCUT2D eigenvalue weighted by atomic mass is 32.2. The van der Waals surface area contributed by atoms with E-state index in [1.54, 1.807) is 11.8 Å². The van der Waals surface area contributed by atoms with Gasteiger partial charge in [0, 0.05) is 5.41 Å². The second kappa shape index (κ2) is 10.7. The summed E-state index contributed by atoms with van der Waals surface area (Å²) in [5.74, 6) is 2.25. The molecule has 0 radical (unpaired) electrons. The average molecular weight is 592 g/mol. The lowest BCUT2D eigenvalue weighted by Gasteiger charge is -2.70. The summed E-state index contributed by atoms with van der Waals surface area (Å²) in [7, 11) is 0. The number of nitrogens with two attached hydrogens (primary N) is 1. The summed E-state index contributed by atoms with van der Waals surface area (Å²) >= 11 is 1.72. The van der Waals surface area contributed by atoms with Crippen molar-refractivity contribution in [3.05, 3.63) is 0 Å². The van der Waals surface area contributed by atoms with Gasteiger partial charge in [0.15, 0.2) is 0 Å². The minimum atomic E-state index is -0.539. The van der Waals surface area contributed by atoms with Crippen molar-refractivity contribution in [2.45, 2.75) is 155 Å². The molecule has 1 aliphatic heterocycles. The van der Waals surface area contributed by atoms with Crippen LogP contribution in [0.1, 0.15) is 126 Å². The lowest BCUT2D eigenvalue weighted by Crippen LogP contribution is -2.67. The van der Waals surface area contributed by atoms with Gasteiger partial charge in [0.05, 0.1) is 17.3 Å². The van der Waals surface area contributed by atoms with Crippen LogP contribution in [0.3, 0.4) is 0 Å². The molecule has 5 fully saturated rings. The highest BCUT2D eigenvalue weighted by Crippen LogP contribution is 2.76. The van der Waals surface area contributed by atoms with Crippen LogP contribution >= 0.6 is 11.8 Å². The molecule has 0 aromatic rings. The SMILES string of the molecule is CSCC[C@H](N)C(=O)O[C@H]1CC[C@]2(C)[C@H]3C[C@@H](O)[C@@H]4[C@@H]([C@@]5(C)CCCC(C)(C)O5)CC[C@@]4(C)[C@]3(C)CC[C@H]2C1(C)C. The number of carbonyl (C=O) groups is 1. The number of hydrogen-bond acceptors (Lipinski definition) is 6.